The van der Waals surface area contributed by atoms with Crippen LogP contribution in [0.1, 0.15) is 32.5 Å². The molecule has 1 aliphatic heterocycles. The minimum atomic E-state index is -0.141. The van der Waals surface area contributed by atoms with Gasteiger partial charge >= 0.3 is 0 Å². The van der Waals surface area contributed by atoms with E-state index in [-0.39, 0.29) is 17.7 Å². The Labute approximate surface area is 108 Å². The number of nitrogens with two attached hydrogens (primary N) is 1. The van der Waals surface area contributed by atoms with Crippen molar-refractivity contribution in [3.63, 3.8) is 0 Å². The second-order valence-corrected chi connectivity index (χ2v) is 5.50. The first-order valence-corrected chi connectivity index (χ1v) is 6.40. The Morgan fingerprint density at radius 3 is 2.94 bits per heavy atom. The van der Waals surface area contributed by atoms with Crippen molar-refractivity contribution < 1.29 is 4.74 Å². The second-order valence-electron chi connectivity index (χ2n) is 5.50. The SMILES string of the molecule is CC1CN(C(CN)c2ccncn2)CC(C)(C)O1. The van der Waals surface area contributed by atoms with Gasteiger partial charge in [-0.25, -0.2) is 9.97 Å². The Hall–Kier alpha value is -1.04. The molecule has 1 aromatic heterocycles. The van der Waals surface area contributed by atoms with Crippen LogP contribution in [0.2, 0.25) is 0 Å². The number of hydrogen-bond acceptors (Lipinski definition) is 5. The van der Waals surface area contributed by atoms with E-state index in [0.717, 1.165) is 18.8 Å². The Morgan fingerprint density at radius 1 is 1.61 bits per heavy atom. The van der Waals surface area contributed by atoms with E-state index in [1.54, 1.807) is 12.5 Å². The molecule has 1 aliphatic rings. The molecule has 5 heteroatoms. The first-order valence-electron chi connectivity index (χ1n) is 6.40. The van der Waals surface area contributed by atoms with Crippen molar-refractivity contribution in [3.8, 4) is 0 Å². The van der Waals surface area contributed by atoms with Crippen LogP contribution >= 0.6 is 0 Å². The molecule has 0 amide bonds. The van der Waals surface area contributed by atoms with Crippen LogP contribution in [0.5, 0.6) is 0 Å². The average molecular weight is 250 g/mol. The van der Waals surface area contributed by atoms with Gasteiger partial charge in [0.2, 0.25) is 0 Å². The minimum absolute atomic E-state index is 0.138. The van der Waals surface area contributed by atoms with Gasteiger partial charge in [0.1, 0.15) is 6.33 Å². The summed E-state index contributed by atoms with van der Waals surface area (Å²) in [4.78, 5) is 10.6. The van der Waals surface area contributed by atoms with Crippen LogP contribution in [-0.4, -0.2) is 46.2 Å². The molecule has 100 valence electrons. The minimum Gasteiger partial charge on any atom is -0.370 e. The number of ether oxygens (including phenoxy) is 1. The molecule has 2 unspecified atom stereocenters. The molecule has 0 saturated carbocycles. The summed E-state index contributed by atoms with van der Waals surface area (Å²) >= 11 is 0. The van der Waals surface area contributed by atoms with Gasteiger partial charge in [-0.05, 0) is 26.8 Å². The maximum Gasteiger partial charge on any atom is 0.115 e. The summed E-state index contributed by atoms with van der Waals surface area (Å²) in [6, 6.07) is 2.07. The molecule has 0 bridgehead atoms. The van der Waals surface area contributed by atoms with E-state index in [4.69, 9.17) is 10.5 Å². The topological polar surface area (TPSA) is 64.3 Å². The van der Waals surface area contributed by atoms with E-state index >= 15 is 0 Å². The molecular formula is C13H22N4O. The summed E-state index contributed by atoms with van der Waals surface area (Å²) in [6.45, 7) is 8.63. The molecule has 0 aromatic carbocycles. The molecule has 2 rings (SSSR count). The smallest absolute Gasteiger partial charge is 0.115 e. The largest absolute Gasteiger partial charge is 0.370 e. The van der Waals surface area contributed by atoms with E-state index in [0.29, 0.717) is 6.54 Å². The molecule has 0 spiro atoms. The van der Waals surface area contributed by atoms with E-state index in [1.165, 1.54) is 0 Å². The summed E-state index contributed by atoms with van der Waals surface area (Å²) in [6.07, 6.45) is 3.55. The van der Waals surface area contributed by atoms with Gasteiger partial charge in [0.15, 0.2) is 0 Å². The van der Waals surface area contributed by atoms with Crippen molar-refractivity contribution in [2.45, 2.75) is 38.5 Å². The molecule has 0 aliphatic carbocycles. The summed E-state index contributed by atoms with van der Waals surface area (Å²) in [5.74, 6) is 0. The number of hydrogen-bond donors (Lipinski definition) is 1. The zero-order valence-corrected chi connectivity index (χ0v) is 11.3. The fraction of sp³-hybridized carbons (Fsp3) is 0.692. The fourth-order valence-corrected chi connectivity index (χ4v) is 2.70. The highest BCUT2D eigenvalue weighted by molar-refractivity contribution is 5.07. The highest BCUT2D eigenvalue weighted by Gasteiger charge is 2.35. The van der Waals surface area contributed by atoms with Crippen molar-refractivity contribution in [1.82, 2.24) is 14.9 Å². The quantitative estimate of drug-likeness (QED) is 0.866. The van der Waals surface area contributed by atoms with Gasteiger partial charge in [-0.2, -0.15) is 0 Å². The number of aromatic nitrogens is 2. The third-order valence-corrected chi connectivity index (χ3v) is 3.21. The lowest BCUT2D eigenvalue weighted by Crippen LogP contribution is -2.54. The van der Waals surface area contributed by atoms with Gasteiger partial charge in [-0.15, -0.1) is 0 Å². The van der Waals surface area contributed by atoms with Crippen LogP contribution in [-0.2, 0) is 4.74 Å². The third kappa shape index (κ3) is 3.04. The van der Waals surface area contributed by atoms with Crippen molar-refractivity contribution in [1.29, 1.82) is 0 Å². The van der Waals surface area contributed by atoms with Crippen LogP contribution in [0.3, 0.4) is 0 Å². The van der Waals surface area contributed by atoms with Crippen molar-refractivity contribution in [2.75, 3.05) is 19.6 Å². The molecular weight excluding hydrogens is 228 g/mol. The van der Waals surface area contributed by atoms with Gasteiger partial charge in [0.25, 0.3) is 0 Å². The summed E-state index contributed by atoms with van der Waals surface area (Å²) in [5, 5.41) is 0. The predicted octanol–water partition coefficient (Wildman–Crippen LogP) is 0.976. The number of morpholine rings is 1. The van der Waals surface area contributed by atoms with E-state index in [2.05, 4.69) is 35.6 Å². The van der Waals surface area contributed by atoms with E-state index in [9.17, 15) is 0 Å². The van der Waals surface area contributed by atoms with Crippen LogP contribution in [0.4, 0.5) is 0 Å². The van der Waals surface area contributed by atoms with Crippen molar-refractivity contribution in [3.05, 3.63) is 24.3 Å². The number of nitrogens with zero attached hydrogens (tertiary/aromatic N) is 3. The zero-order valence-electron chi connectivity index (χ0n) is 11.3. The molecule has 2 atom stereocenters. The van der Waals surface area contributed by atoms with Crippen LogP contribution in [0.15, 0.2) is 18.6 Å². The number of rotatable bonds is 3. The van der Waals surface area contributed by atoms with Gasteiger partial charge < -0.3 is 10.5 Å². The van der Waals surface area contributed by atoms with Crippen LogP contribution in [0, 0.1) is 0 Å². The summed E-state index contributed by atoms with van der Waals surface area (Å²) in [5.41, 5.74) is 6.77. The van der Waals surface area contributed by atoms with Gasteiger partial charge in [0.05, 0.1) is 23.4 Å². The highest BCUT2D eigenvalue weighted by Crippen LogP contribution is 2.27. The highest BCUT2D eigenvalue weighted by atomic mass is 16.5. The normalized spacial score (nSPS) is 25.9. The maximum atomic E-state index is 5.93. The first kappa shape index (κ1) is 13.4. The molecule has 2 N–H and O–H groups in total. The van der Waals surface area contributed by atoms with E-state index < -0.39 is 0 Å². The molecule has 5 nitrogen and oxygen atoms in total. The first-order chi connectivity index (χ1) is 8.52. The summed E-state index contributed by atoms with van der Waals surface area (Å²) < 4.78 is 5.92. The lowest BCUT2D eigenvalue weighted by atomic mass is 10.0. The molecule has 1 saturated heterocycles. The lowest BCUT2D eigenvalue weighted by molar-refractivity contribution is -0.138. The predicted molar refractivity (Wildman–Crippen MR) is 70.0 cm³/mol. The Morgan fingerprint density at radius 2 is 2.39 bits per heavy atom. The second kappa shape index (κ2) is 5.30. The van der Waals surface area contributed by atoms with Gasteiger partial charge in [-0.1, -0.05) is 0 Å². The maximum absolute atomic E-state index is 5.93. The summed E-state index contributed by atoms with van der Waals surface area (Å²) in [7, 11) is 0. The lowest BCUT2D eigenvalue weighted by Gasteiger charge is -2.44. The Kier molecular flexibility index (Phi) is 3.94. The van der Waals surface area contributed by atoms with Crippen LogP contribution in [0.25, 0.3) is 0 Å². The molecule has 1 fully saturated rings. The van der Waals surface area contributed by atoms with Gasteiger partial charge in [-0.3, -0.25) is 4.90 Å². The zero-order chi connectivity index (χ0) is 13.2. The molecule has 18 heavy (non-hydrogen) atoms. The average Bonchev–Trinajstić information content (AvgIpc) is 2.28. The monoisotopic (exact) mass is 250 g/mol. The molecule has 0 radical (unpaired) electrons. The van der Waals surface area contributed by atoms with Crippen LogP contribution < -0.4 is 5.73 Å². The third-order valence-electron chi connectivity index (χ3n) is 3.21. The van der Waals surface area contributed by atoms with Crippen molar-refractivity contribution in [2.24, 2.45) is 5.73 Å². The van der Waals surface area contributed by atoms with E-state index in [1.807, 2.05) is 6.07 Å². The standard InChI is InChI=1S/C13H22N4O/c1-10-7-17(8-13(2,3)18-10)12(6-14)11-4-5-15-9-16-11/h4-5,9-10,12H,6-8,14H2,1-3H3. The molecule has 2 heterocycles. The van der Waals surface area contributed by atoms with Gasteiger partial charge in [0, 0.05) is 25.8 Å². The Bertz CT molecular complexity index is 382. The van der Waals surface area contributed by atoms with Crippen molar-refractivity contribution >= 4 is 0 Å². The fourth-order valence-electron chi connectivity index (χ4n) is 2.70. The Balaban J connectivity index is 2.18. The molecule has 1 aromatic rings.